The number of hydrogen-bond acceptors (Lipinski definition) is 3. The number of ether oxygens (including phenoxy) is 1. The van der Waals surface area contributed by atoms with Crippen LogP contribution in [0.2, 0.25) is 0 Å². The third-order valence-corrected chi connectivity index (χ3v) is 5.73. The molecular formula is C28H31FN2O3. The largest absolute Gasteiger partial charge is 0.484 e. The third kappa shape index (κ3) is 6.91. The molecule has 0 aromatic heterocycles. The molecule has 0 aliphatic heterocycles. The molecule has 5 nitrogen and oxygen atoms in total. The molecular weight excluding hydrogens is 431 g/mol. The second-order valence-corrected chi connectivity index (χ2v) is 8.28. The number of carbonyl (C=O) groups excluding carboxylic acids is 2. The fourth-order valence-corrected chi connectivity index (χ4v) is 3.66. The molecule has 0 aliphatic carbocycles. The topological polar surface area (TPSA) is 58.6 Å². The van der Waals surface area contributed by atoms with E-state index in [1.165, 1.54) is 17.0 Å². The van der Waals surface area contributed by atoms with Gasteiger partial charge < -0.3 is 15.0 Å². The molecule has 0 saturated heterocycles. The molecule has 2 amide bonds. The fraction of sp³-hybridized carbons (Fsp3) is 0.286. The molecule has 3 aromatic carbocycles. The maximum absolute atomic E-state index is 13.5. The molecule has 1 N–H and O–H groups in total. The summed E-state index contributed by atoms with van der Waals surface area (Å²) < 4.78 is 19.3. The summed E-state index contributed by atoms with van der Waals surface area (Å²) in [5, 5.41) is 2.85. The van der Waals surface area contributed by atoms with Crippen molar-refractivity contribution in [2.75, 3.05) is 13.2 Å². The Bertz CT molecular complexity index is 1100. The Morgan fingerprint density at radius 1 is 0.941 bits per heavy atom. The summed E-state index contributed by atoms with van der Waals surface area (Å²) in [5.41, 5.74) is 3.86. The lowest BCUT2D eigenvalue weighted by atomic mass is 10.0. The molecule has 0 radical (unpaired) electrons. The lowest BCUT2D eigenvalue weighted by Crippen LogP contribution is -2.51. The monoisotopic (exact) mass is 462 g/mol. The lowest BCUT2D eigenvalue weighted by molar-refractivity contribution is -0.142. The van der Waals surface area contributed by atoms with E-state index in [1.54, 1.807) is 12.1 Å². The maximum Gasteiger partial charge on any atom is 0.261 e. The van der Waals surface area contributed by atoms with E-state index in [9.17, 15) is 14.0 Å². The Kier molecular flexibility index (Phi) is 8.79. The molecule has 1 unspecified atom stereocenters. The summed E-state index contributed by atoms with van der Waals surface area (Å²) in [6, 6.07) is 20.4. The molecule has 0 aliphatic rings. The second kappa shape index (κ2) is 12.0. The highest BCUT2D eigenvalue weighted by atomic mass is 19.1. The van der Waals surface area contributed by atoms with Crippen LogP contribution in [0.4, 0.5) is 4.39 Å². The normalized spacial score (nSPS) is 11.5. The van der Waals surface area contributed by atoms with Crippen LogP contribution in [0.5, 0.6) is 5.75 Å². The molecule has 178 valence electrons. The van der Waals surface area contributed by atoms with Gasteiger partial charge in [-0.2, -0.15) is 0 Å². The molecule has 0 spiro atoms. The Balaban J connectivity index is 1.88. The number of rotatable bonds is 10. The van der Waals surface area contributed by atoms with Crippen molar-refractivity contribution in [3.8, 4) is 5.75 Å². The van der Waals surface area contributed by atoms with Crippen LogP contribution in [0.25, 0.3) is 0 Å². The van der Waals surface area contributed by atoms with Crippen LogP contribution in [0, 0.1) is 19.7 Å². The van der Waals surface area contributed by atoms with E-state index in [0.29, 0.717) is 18.7 Å². The van der Waals surface area contributed by atoms with Gasteiger partial charge in [-0.25, -0.2) is 4.39 Å². The van der Waals surface area contributed by atoms with E-state index in [-0.39, 0.29) is 30.8 Å². The summed E-state index contributed by atoms with van der Waals surface area (Å²) in [7, 11) is 0. The van der Waals surface area contributed by atoms with Gasteiger partial charge >= 0.3 is 0 Å². The van der Waals surface area contributed by atoms with Crippen molar-refractivity contribution in [2.24, 2.45) is 0 Å². The van der Waals surface area contributed by atoms with Crippen molar-refractivity contribution in [3.05, 3.63) is 101 Å². The van der Waals surface area contributed by atoms with Crippen molar-refractivity contribution >= 4 is 11.8 Å². The van der Waals surface area contributed by atoms with Crippen LogP contribution in [0.3, 0.4) is 0 Å². The van der Waals surface area contributed by atoms with E-state index in [2.05, 4.69) is 5.32 Å². The summed E-state index contributed by atoms with van der Waals surface area (Å²) >= 11 is 0. The van der Waals surface area contributed by atoms with Gasteiger partial charge in [0.2, 0.25) is 5.91 Å². The number of likely N-dealkylation sites (N-methyl/N-ethyl adjacent to an activating group) is 1. The van der Waals surface area contributed by atoms with Gasteiger partial charge in [-0.15, -0.1) is 0 Å². The van der Waals surface area contributed by atoms with Crippen molar-refractivity contribution in [1.29, 1.82) is 0 Å². The van der Waals surface area contributed by atoms with Gasteiger partial charge in [0.15, 0.2) is 6.61 Å². The highest BCUT2D eigenvalue weighted by molar-refractivity contribution is 5.88. The number of amides is 2. The van der Waals surface area contributed by atoms with E-state index in [1.807, 2.05) is 69.3 Å². The van der Waals surface area contributed by atoms with Gasteiger partial charge in [-0.05, 0) is 67.3 Å². The molecule has 34 heavy (non-hydrogen) atoms. The Labute approximate surface area is 200 Å². The number of aryl methyl sites for hydroxylation is 2. The smallest absolute Gasteiger partial charge is 0.261 e. The molecule has 3 aromatic rings. The van der Waals surface area contributed by atoms with Crippen LogP contribution in [-0.4, -0.2) is 35.9 Å². The van der Waals surface area contributed by atoms with E-state index < -0.39 is 6.04 Å². The number of carbonyl (C=O) groups is 2. The molecule has 3 rings (SSSR count). The summed E-state index contributed by atoms with van der Waals surface area (Å²) in [4.78, 5) is 28.0. The number of hydrogen-bond donors (Lipinski definition) is 1. The zero-order chi connectivity index (χ0) is 24.5. The summed E-state index contributed by atoms with van der Waals surface area (Å²) in [6.07, 6.45) is 0.350. The van der Waals surface area contributed by atoms with Gasteiger partial charge in [-0.1, -0.05) is 48.5 Å². The number of nitrogens with one attached hydrogen (secondary N) is 1. The predicted molar refractivity (Wildman–Crippen MR) is 131 cm³/mol. The zero-order valence-electron chi connectivity index (χ0n) is 19.9. The maximum atomic E-state index is 13.5. The Morgan fingerprint density at radius 3 is 2.29 bits per heavy atom. The van der Waals surface area contributed by atoms with E-state index >= 15 is 0 Å². The highest BCUT2D eigenvalue weighted by Crippen LogP contribution is 2.19. The first-order valence-electron chi connectivity index (χ1n) is 11.4. The predicted octanol–water partition coefficient (Wildman–Crippen LogP) is 4.60. The van der Waals surface area contributed by atoms with Gasteiger partial charge in [0.05, 0.1) is 0 Å². The third-order valence-electron chi connectivity index (χ3n) is 5.73. The van der Waals surface area contributed by atoms with Crippen LogP contribution >= 0.6 is 0 Å². The van der Waals surface area contributed by atoms with Gasteiger partial charge in [0.1, 0.15) is 17.6 Å². The van der Waals surface area contributed by atoms with Crippen LogP contribution in [0.15, 0.2) is 72.8 Å². The molecule has 0 heterocycles. The average molecular weight is 463 g/mol. The number of halogens is 1. The van der Waals surface area contributed by atoms with Crippen LogP contribution in [0.1, 0.15) is 29.2 Å². The molecule has 0 fully saturated rings. The molecule has 6 heteroatoms. The second-order valence-electron chi connectivity index (χ2n) is 8.28. The molecule has 0 bridgehead atoms. The van der Waals surface area contributed by atoms with Gasteiger partial charge in [0.25, 0.3) is 5.91 Å². The van der Waals surface area contributed by atoms with Gasteiger partial charge in [-0.3, -0.25) is 9.59 Å². The van der Waals surface area contributed by atoms with Crippen molar-refractivity contribution in [1.82, 2.24) is 10.2 Å². The first-order chi connectivity index (χ1) is 16.4. The van der Waals surface area contributed by atoms with Gasteiger partial charge in [0, 0.05) is 19.5 Å². The quantitative estimate of drug-likeness (QED) is 0.479. The van der Waals surface area contributed by atoms with Crippen molar-refractivity contribution in [3.63, 3.8) is 0 Å². The minimum atomic E-state index is -0.747. The molecule has 1 atom stereocenters. The first kappa shape index (κ1) is 25.0. The fourth-order valence-electron chi connectivity index (χ4n) is 3.66. The summed E-state index contributed by atoms with van der Waals surface area (Å²) in [5.74, 6) is -0.331. The van der Waals surface area contributed by atoms with E-state index in [4.69, 9.17) is 4.74 Å². The number of benzene rings is 3. The van der Waals surface area contributed by atoms with Crippen molar-refractivity contribution in [2.45, 2.75) is 39.8 Å². The van der Waals surface area contributed by atoms with Crippen molar-refractivity contribution < 1.29 is 18.7 Å². The van der Waals surface area contributed by atoms with Crippen LogP contribution in [-0.2, 0) is 22.6 Å². The zero-order valence-corrected chi connectivity index (χ0v) is 19.9. The summed E-state index contributed by atoms with van der Waals surface area (Å²) in [6.45, 7) is 6.22. The number of nitrogens with zero attached hydrogens (tertiary/aromatic N) is 1. The van der Waals surface area contributed by atoms with E-state index in [0.717, 1.165) is 22.3 Å². The lowest BCUT2D eigenvalue weighted by Gasteiger charge is -2.31. The first-order valence-corrected chi connectivity index (χ1v) is 11.4. The molecule has 0 saturated carbocycles. The minimum Gasteiger partial charge on any atom is -0.484 e. The highest BCUT2D eigenvalue weighted by Gasteiger charge is 2.30. The average Bonchev–Trinajstić information content (AvgIpc) is 2.84. The Morgan fingerprint density at radius 2 is 1.65 bits per heavy atom. The standard InChI is InChI=1S/C28H31FN2O3/c1-4-30-28(33)26(17-22-8-6-5-7-9-22)31(18-23-11-13-24(29)14-12-23)27(32)19-34-25-15-10-20(2)21(3)16-25/h5-16,26H,4,17-19H2,1-3H3,(H,30,33). The van der Waals surface area contributed by atoms with Crippen LogP contribution < -0.4 is 10.1 Å². The Hall–Kier alpha value is -3.67. The SMILES string of the molecule is CCNC(=O)C(Cc1ccccc1)N(Cc1ccc(F)cc1)C(=O)COc1ccc(C)c(C)c1. The minimum absolute atomic E-state index is 0.157.